The standard InChI is InChI=1S/C13H16Cl2N2O3.ClH/c1-2-3-11(13(19)20)16-7-12(18)17-8-4-5-9(14)10(15)6-8;/h4-6,11,16H,2-3,7H2,1H3,(H,17,18)(H,19,20);1H. The number of benzene rings is 1. The van der Waals surface area contributed by atoms with E-state index >= 15 is 0 Å². The molecule has 0 aromatic heterocycles. The first-order valence-corrected chi connectivity index (χ1v) is 6.90. The topological polar surface area (TPSA) is 78.4 Å². The van der Waals surface area contributed by atoms with Crippen LogP contribution in [0.25, 0.3) is 0 Å². The van der Waals surface area contributed by atoms with Gasteiger partial charge >= 0.3 is 5.97 Å². The predicted octanol–water partition coefficient (Wildman–Crippen LogP) is 3.20. The summed E-state index contributed by atoms with van der Waals surface area (Å²) in [5, 5.41) is 15.0. The molecule has 0 aliphatic heterocycles. The molecular formula is C13H17Cl3N2O3. The smallest absolute Gasteiger partial charge is 0.320 e. The van der Waals surface area contributed by atoms with Crippen molar-refractivity contribution in [2.24, 2.45) is 0 Å². The zero-order valence-corrected chi connectivity index (χ0v) is 13.7. The summed E-state index contributed by atoms with van der Waals surface area (Å²) in [5.41, 5.74) is 0.508. The fraction of sp³-hybridized carbons (Fsp3) is 0.385. The van der Waals surface area contributed by atoms with Gasteiger partial charge in [0.2, 0.25) is 5.91 Å². The quantitative estimate of drug-likeness (QED) is 0.702. The lowest BCUT2D eigenvalue weighted by Gasteiger charge is -2.13. The number of nitrogens with one attached hydrogen (secondary N) is 2. The lowest BCUT2D eigenvalue weighted by atomic mass is 10.2. The minimum absolute atomic E-state index is 0. The Bertz CT molecular complexity index is 498. The van der Waals surface area contributed by atoms with Crippen LogP contribution in [0, 0.1) is 0 Å². The maximum Gasteiger partial charge on any atom is 0.320 e. The van der Waals surface area contributed by atoms with Crippen LogP contribution in [0.2, 0.25) is 10.0 Å². The van der Waals surface area contributed by atoms with Gasteiger partial charge in [-0.15, -0.1) is 12.4 Å². The van der Waals surface area contributed by atoms with E-state index in [1.165, 1.54) is 6.07 Å². The molecular weight excluding hydrogens is 339 g/mol. The third-order valence-electron chi connectivity index (χ3n) is 2.59. The Kier molecular flexibility index (Phi) is 9.37. The normalized spacial score (nSPS) is 11.4. The molecule has 1 aromatic rings. The Labute approximate surface area is 139 Å². The Morgan fingerprint density at radius 2 is 1.95 bits per heavy atom. The average Bonchev–Trinajstić information content (AvgIpc) is 2.38. The lowest BCUT2D eigenvalue weighted by molar-refractivity contribution is -0.139. The van der Waals surface area contributed by atoms with E-state index in [0.717, 1.165) is 6.42 Å². The van der Waals surface area contributed by atoms with Gasteiger partial charge in [-0.2, -0.15) is 0 Å². The Balaban J connectivity index is 0.00000400. The molecule has 8 heteroatoms. The van der Waals surface area contributed by atoms with Crippen LogP contribution >= 0.6 is 35.6 Å². The molecule has 118 valence electrons. The van der Waals surface area contributed by atoms with Crippen LogP contribution in [0.5, 0.6) is 0 Å². The second-order valence-electron chi connectivity index (χ2n) is 4.24. The summed E-state index contributed by atoms with van der Waals surface area (Å²) in [4.78, 5) is 22.6. The minimum atomic E-state index is -0.964. The fourth-order valence-corrected chi connectivity index (χ4v) is 1.89. The molecule has 0 spiro atoms. The Hall–Kier alpha value is -1.01. The van der Waals surface area contributed by atoms with Gasteiger partial charge in [0.05, 0.1) is 16.6 Å². The summed E-state index contributed by atoms with van der Waals surface area (Å²) in [6.07, 6.45) is 1.19. The van der Waals surface area contributed by atoms with E-state index in [0.29, 0.717) is 22.2 Å². The van der Waals surface area contributed by atoms with Crippen LogP contribution in [-0.4, -0.2) is 29.6 Å². The van der Waals surface area contributed by atoms with Gasteiger partial charge in [-0.25, -0.2) is 0 Å². The second-order valence-corrected chi connectivity index (χ2v) is 5.05. The molecule has 21 heavy (non-hydrogen) atoms. The molecule has 0 saturated carbocycles. The van der Waals surface area contributed by atoms with Crippen molar-refractivity contribution in [1.82, 2.24) is 5.32 Å². The first kappa shape index (κ1) is 20.0. The Morgan fingerprint density at radius 1 is 1.29 bits per heavy atom. The number of amides is 1. The first-order valence-electron chi connectivity index (χ1n) is 6.15. The molecule has 1 rings (SSSR count). The highest BCUT2D eigenvalue weighted by atomic mass is 35.5. The maximum absolute atomic E-state index is 11.7. The van der Waals surface area contributed by atoms with E-state index in [4.69, 9.17) is 28.3 Å². The van der Waals surface area contributed by atoms with Gasteiger partial charge in [0, 0.05) is 5.69 Å². The van der Waals surface area contributed by atoms with Gasteiger partial charge in [0.1, 0.15) is 6.04 Å². The van der Waals surface area contributed by atoms with E-state index in [2.05, 4.69) is 10.6 Å². The number of carboxylic acids is 1. The van der Waals surface area contributed by atoms with Gasteiger partial charge in [-0.05, 0) is 24.6 Å². The average molecular weight is 356 g/mol. The van der Waals surface area contributed by atoms with E-state index < -0.39 is 12.0 Å². The molecule has 0 radical (unpaired) electrons. The number of carbonyl (C=O) groups is 2. The summed E-state index contributed by atoms with van der Waals surface area (Å²) in [5.74, 6) is -1.31. The largest absolute Gasteiger partial charge is 0.480 e. The maximum atomic E-state index is 11.7. The summed E-state index contributed by atoms with van der Waals surface area (Å²) in [6, 6.07) is 4.00. The molecule has 1 atom stereocenters. The first-order chi connectivity index (χ1) is 9.43. The zero-order chi connectivity index (χ0) is 15.1. The van der Waals surface area contributed by atoms with Gasteiger partial charge < -0.3 is 10.4 Å². The number of anilines is 1. The highest BCUT2D eigenvalue weighted by molar-refractivity contribution is 6.42. The predicted molar refractivity (Wildman–Crippen MR) is 86.7 cm³/mol. The molecule has 0 heterocycles. The van der Waals surface area contributed by atoms with E-state index in [9.17, 15) is 9.59 Å². The van der Waals surface area contributed by atoms with Crippen LogP contribution in [0.15, 0.2) is 18.2 Å². The van der Waals surface area contributed by atoms with Gasteiger partial charge in [0.25, 0.3) is 0 Å². The van der Waals surface area contributed by atoms with Crippen molar-refractivity contribution >= 4 is 53.2 Å². The number of carboxylic acid groups (broad SMARTS) is 1. The molecule has 1 unspecified atom stereocenters. The number of hydrogen-bond acceptors (Lipinski definition) is 3. The molecule has 0 saturated heterocycles. The third-order valence-corrected chi connectivity index (χ3v) is 3.33. The van der Waals surface area contributed by atoms with Crippen molar-refractivity contribution in [3.05, 3.63) is 28.2 Å². The summed E-state index contributed by atoms with van der Waals surface area (Å²) < 4.78 is 0. The van der Waals surface area contributed by atoms with Crippen molar-refractivity contribution in [2.45, 2.75) is 25.8 Å². The molecule has 1 aromatic carbocycles. The minimum Gasteiger partial charge on any atom is -0.480 e. The highest BCUT2D eigenvalue weighted by Gasteiger charge is 2.16. The molecule has 5 nitrogen and oxygen atoms in total. The van der Waals surface area contributed by atoms with Gasteiger partial charge in [-0.1, -0.05) is 36.5 Å². The van der Waals surface area contributed by atoms with Gasteiger partial charge in [-0.3, -0.25) is 14.9 Å². The molecule has 3 N–H and O–H groups in total. The van der Waals surface area contributed by atoms with Crippen molar-refractivity contribution in [1.29, 1.82) is 0 Å². The van der Waals surface area contributed by atoms with Crippen molar-refractivity contribution < 1.29 is 14.7 Å². The number of hydrogen-bond donors (Lipinski definition) is 3. The van der Waals surface area contributed by atoms with Crippen LogP contribution in [0.1, 0.15) is 19.8 Å². The lowest BCUT2D eigenvalue weighted by Crippen LogP contribution is -2.41. The van der Waals surface area contributed by atoms with Crippen molar-refractivity contribution in [2.75, 3.05) is 11.9 Å². The zero-order valence-electron chi connectivity index (χ0n) is 11.4. The molecule has 0 bridgehead atoms. The molecule has 1 amide bonds. The number of rotatable bonds is 7. The second kappa shape index (κ2) is 9.84. The summed E-state index contributed by atoms with van der Waals surface area (Å²) in [6.45, 7) is 1.80. The van der Waals surface area contributed by atoms with Crippen molar-refractivity contribution in [3.8, 4) is 0 Å². The van der Waals surface area contributed by atoms with Crippen LogP contribution in [0.3, 0.4) is 0 Å². The molecule has 0 aliphatic carbocycles. The van der Waals surface area contributed by atoms with E-state index in [1.807, 2.05) is 6.92 Å². The van der Waals surface area contributed by atoms with Crippen molar-refractivity contribution in [3.63, 3.8) is 0 Å². The molecule has 0 aliphatic rings. The number of carbonyl (C=O) groups excluding carboxylic acids is 1. The van der Waals surface area contributed by atoms with E-state index in [-0.39, 0.29) is 24.9 Å². The monoisotopic (exact) mass is 354 g/mol. The number of aliphatic carboxylic acids is 1. The SMILES string of the molecule is CCCC(NCC(=O)Nc1ccc(Cl)c(Cl)c1)C(=O)O.Cl. The molecule has 0 fully saturated rings. The van der Waals surface area contributed by atoms with Gasteiger partial charge in [0.15, 0.2) is 0 Å². The highest BCUT2D eigenvalue weighted by Crippen LogP contribution is 2.24. The summed E-state index contributed by atoms with van der Waals surface area (Å²) >= 11 is 11.6. The Morgan fingerprint density at radius 3 is 2.48 bits per heavy atom. The fourth-order valence-electron chi connectivity index (χ4n) is 1.60. The summed E-state index contributed by atoms with van der Waals surface area (Å²) in [7, 11) is 0. The van der Waals surface area contributed by atoms with Crippen LogP contribution in [-0.2, 0) is 9.59 Å². The van der Waals surface area contributed by atoms with Crippen LogP contribution in [0.4, 0.5) is 5.69 Å². The van der Waals surface area contributed by atoms with Crippen LogP contribution < -0.4 is 10.6 Å². The van der Waals surface area contributed by atoms with E-state index in [1.54, 1.807) is 12.1 Å². The number of halogens is 3. The third kappa shape index (κ3) is 7.00.